The molecule has 5 heteroatoms. The van der Waals surface area contributed by atoms with Gasteiger partial charge in [0.05, 0.1) is 13.4 Å². The number of hydrogen-bond donors (Lipinski definition) is 2. The van der Waals surface area contributed by atoms with Crippen LogP contribution in [0.5, 0.6) is 5.75 Å². The molecular formula is C11H17N3O2. The average Bonchev–Trinajstić information content (AvgIpc) is 2.64. The molecule has 0 bridgehead atoms. The number of nitrogens with one attached hydrogen (secondary N) is 2. The third-order valence-electron chi connectivity index (χ3n) is 3.05. The zero-order valence-corrected chi connectivity index (χ0v) is 9.62. The van der Waals surface area contributed by atoms with Gasteiger partial charge in [-0.2, -0.15) is 0 Å². The van der Waals surface area contributed by atoms with E-state index in [1.807, 2.05) is 0 Å². The molecule has 2 N–H and O–H groups in total. The highest BCUT2D eigenvalue weighted by molar-refractivity contribution is 5.48. The second-order valence-electron chi connectivity index (χ2n) is 4.37. The number of aromatic nitrogens is 2. The van der Waals surface area contributed by atoms with Crippen molar-refractivity contribution in [2.75, 3.05) is 12.4 Å². The van der Waals surface area contributed by atoms with Crippen LogP contribution >= 0.6 is 0 Å². The predicted molar refractivity (Wildman–Crippen MR) is 61.8 cm³/mol. The fourth-order valence-corrected chi connectivity index (χ4v) is 2.21. The third kappa shape index (κ3) is 2.18. The summed E-state index contributed by atoms with van der Waals surface area (Å²) in [5.74, 6) is 1.55. The molecule has 1 heterocycles. The van der Waals surface area contributed by atoms with Gasteiger partial charge in [-0.25, -0.2) is 4.98 Å². The first kappa shape index (κ1) is 11.0. The van der Waals surface area contributed by atoms with Crippen LogP contribution in [0.2, 0.25) is 0 Å². The molecule has 1 aliphatic rings. The second kappa shape index (κ2) is 4.55. The molecule has 1 aromatic heterocycles. The maximum atomic E-state index is 11.4. The van der Waals surface area contributed by atoms with Crippen molar-refractivity contribution < 1.29 is 4.74 Å². The van der Waals surface area contributed by atoms with Crippen molar-refractivity contribution in [2.45, 2.75) is 32.2 Å². The van der Waals surface area contributed by atoms with E-state index in [-0.39, 0.29) is 11.3 Å². The lowest BCUT2D eigenvalue weighted by Gasteiger charge is -2.14. The maximum absolute atomic E-state index is 11.4. The van der Waals surface area contributed by atoms with Crippen LogP contribution in [-0.2, 0) is 0 Å². The van der Waals surface area contributed by atoms with Gasteiger partial charge in [0.25, 0.3) is 5.56 Å². The van der Waals surface area contributed by atoms with Crippen molar-refractivity contribution in [3.8, 4) is 5.75 Å². The van der Waals surface area contributed by atoms with Crippen molar-refractivity contribution in [1.29, 1.82) is 0 Å². The summed E-state index contributed by atoms with van der Waals surface area (Å²) in [5.41, 5.74) is -0.244. The van der Waals surface area contributed by atoms with Crippen LogP contribution in [0.1, 0.15) is 26.2 Å². The monoisotopic (exact) mass is 223 g/mol. The molecule has 1 fully saturated rings. The van der Waals surface area contributed by atoms with Crippen molar-refractivity contribution in [3.63, 3.8) is 0 Å². The van der Waals surface area contributed by atoms with Gasteiger partial charge in [-0.1, -0.05) is 6.92 Å². The van der Waals surface area contributed by atoms with E-state index >= 15 is 0 Å². The van der Waals surface area contributed by atoms with Gasteiger partial charge in [0, 0.05) is 6.04 Å². The first-order valence-corrected chi connectivity index (χ1v) is 5.59. The molecule has 5 nitrogen and oxygen atoms in total. The SMILES string of the molecule is COc1c(NC2CCC(C)C2)nc[nH]c1=O. The molecule has 16 heavy (non-hydrogen) atoms. The van der Waals surface area contributed by atoms with Crippen LogP contribution < -0.4 is 15.6 Å². The number of H-pyrrole nitrogens is 1. The summed E-state index contributed by atoms with van der Waals surface area (Å²) in [6.07, 6.45) is 4.87. The molecule has 88 valence electrons. The van der Waals surface area contributed by atoms with Crippen molar-refractivity contribution in [2.24, 2.45) is 5.92 Å². The van der Waals surface area contributed by atoms with Crippen LogP contribution in [0.15, 0.2) is 11.1 Å². The quantitative estimate of drug-likeness (QED) is 0.812. The molecule has 1 aliphatic carbocycles. The normalized spacial score (nSPS) is 24.4. The van der Waals surface area contributed by atoms with Crippen LogP contribution in [0.25, 0.3) is 0 Å². The van der Waals surface area contributed by atoms with Gasteiger partial charge < -0.3 is 15.0 Å². The van der Waals surface area contributed by atoms with Crippen LogP contribution in [-0.4, -0.2) is 23.1 Å². The molecule has 0 aliphatic heterocycles. The smallest absolute Gasteiger partial charge is 0.295 e. The highest BCUT2D eigenvalue weighted by atomic mass is 16.5. The standard InChI is InChI=1S/C11H17N3O2/c1-7-3-4-8(5-7)14-10-9(16-2)11(15)13-6-12-10/h6-8H,3-5H2,1-2H3,(H2,12,13,14,15). The Morgan fingerprint density at radius 2 is 2.38 bits per heavy atom. The topological polar surface area (TPSA) is 67.0 Å². The van der Waals surface area contributed by atoms with E-state index in [2.05, 4.69) is 22.2 Å². The van der Waals surface area contributed by atoms with E-state index in [4.69, 9.17) is 4.74 Å². The molecule has 0 aromatic carbocycles. The third-order valence-corrected chi connectivity index (χ3v) is 3.05. The molecule has 1 saturated carbocycles. The summed E-state index contributed by atoms with van der Waals surface area (Å²) < 4.78 is 5.04. The van der Waals surface area contributed by atoms with Gasteiger partial charge in [0.1, 0.15) is 0 Å². The largest absolute Gasteiger partial charge is 0.489 e. The van der Waals surface area contributed by atoms with E-state index in [1.165, 1.54) is 19.9 Å². The zero-order valence-electron chi connectivity index (χ0n) is 9.62. The van der Waals surface area contributed by atoms with E-state index < -0.39 is 0 Å². The number of anilines is 1. The van der Waals surface area contributed by atoms with Crippen LogP contribution in [0.3, 0.4) is 0 Å². The lowest BCUT2D eigenvalue weighted by molar-refractivity contribution is 0.407. The zero-order chi connectivity index (χ0) is 11.5. The highest BCUT2D eigenvalue weighted by Gasteiger charge is 2.22. The molecule has 1 aromatic rings. The van der Waals surface area contributed by atoms with E-state index in [9.17, 15) is 4.79 Å². The van der Waals surface area contributed by atoms with Gasteiger partial charge in [0.15, 0.2) is 5.82 Å². The number of rotatable bonds is 3. The summed E-state index contributed by atoms with van der Waals surface area (Å²) >= 11 is 0. The summed E-state index contributed by atoms with van der Waals surface area (Å²) in [4.78, 5) is 18.0. The summed E-state index contributed by atoms with van der Waals surface area (Å²) in [6, 6.07) is 0.401. The minimum absolute atomic E-state index is 0.244. The maximum Gasteiger partial charge on any atom is 0.295 e. The Kier molecular flexibility index (Phi) is 3.12. The Morgan fingerprint density at radius 3 is 3.00 bits per heavy atom. The number of hydrogen-bond acceptors (Lipinski definition) is 4. The van der Waals surface area contributed by atoms with Gasteiger partial charge in [-0.3, -0.25) is 4.79 Å². The van der Waals surface area contributed by atoms with Gasteiger partial charge in [-0.05, 0) is 25.2 Å². The first-order valence-electron chi connectivity index (χ1n) is 5.59. The lowest BCUT2D eigenvalue weighted by Crippen LogP contribution is -2.20. The van der Waals surface area contributed by atoms with E-state index in [1.54, 1.807) is 0 Å². The molecular weight excluding hydrogens is 206 g/mol. The fourth-order valence-electron chi connectivity index (χ4n) is 2.21. The van der Waals surface area contributed by atoms with E-state index in [0.717, 1.165) is 18.8 Å². The minimum Gasteiger partial charge on any atom is -0.489 e. The fraction of sp³-hybridized carbons (Fsp3) is 0.636. The molecule has 0 spiro atoms. The Morgan fingerprint density at radius 1 is 1.56 bits per heavy atom. The number of methoxy groups -OCH3 is 1. The summed E-state index contributed by atoms with van der Waals surface area (Å²) in [5, 5.41) is 3.28. The molecule has 2 atom stereocenters. The van der Waals surface area contributed by atoms with E-state index in [0.29, 0.717) is 11.9 Å². The summed E-state index contributed by atoms with van der Waals surface area (Å²) in [7, 11) is 1.48. The van der Waals surface area contributed by atoms with Gasteiger partial charge in [-0.15, -0.1) is 0 Å². The summed E-state index contributed by atoms with van der Waals surface area (Å²) in [6.45, 7) is 2.24. The Bertz CT molecular complexity index is 416. The second-order valence-corrected chi connectivity index (χ2v) is 4.37. The van der Waals surface area contributed by atoms with Crippen LogP contribution in [0.4, 0.5) is 5.82 Å². The Hall–Kier alpha value is -1.52. The predicted octanol–water partition coefficient (Wildman–Crippen LogP) is 1.38. The first-order chi connectivity index (χ1) is 7.70. The van der Waals surface area contributed by atoms with Gasteiger partial charge in [0.2, 0.25) is 5.75 Å². The van der Waals surface area contributed by atoms with Crippen molar-refractivity contribution >= 4 is 5.82 Å². The molecule has 2 unspecified atom stereocenters. The van der Waals surface area contributed by atoms with Crippen molar-refractivity contribution in [1.82, 2.24) is 9.97 Å². The number of ether oxygens (including phenoxy) is 1. The molecule has 0 saturated heterocycles. The van der Waals surface area contributed by atoms with Crippen LogP contribution in [0, 0.1) is 5.92 Å². The molecule has 0 amide bonds. The molecule has 0 radical (unpaired) electrons. The average molecular weight is 223 g/mol. The Labute approximate surface area is 94.2 Å². The Balaban J connectivity index is 2.15. The number of aromatic amines is 1. The van der Waals surface area contributed by atoms with Crippen molar-refractivity contribution in [3.05, 3.63) is 16.7 Å². The highest BCUT2D eigenvalue weighted by Crippen LogP contribution is 2.28. The lowest BCUT2D eigenvalue weighted by atomic mass is 10.1. The number of nitrogens with zero attached hydrogens (tertiary/aromatic N) is 1. The van der Waals surface area contributed by atoms with Gasteiger partial charge >= 0.3 is 0 Å². The minimum atomic E-state index is -0.244. The molecule has 2 rings (SSSR count).